The number of para-hydroxylation sites is 1. The Morgan fingerprint density at radius 3 is 2.38 bits per heavy atom. The number of thiophene rings is 1. The Balaban J connectivity index is 1.74. The molecule has 1 aliphatic rings. The average Bonchev–Trinajstić information content (AvgIpc) is 3.32. The van der Waals surface area contributed by atoms with Crippen LogP contribution in [0.4, 0.5) is 11.4 Å². The Bertz CT molecular complexity index is 1090. The molecule has 146 valence electrons. The van der Waals surface area contributed by atoms with Gasteiger partial charge in [-0.2, -0.15) is 0 Å². The molecule has 0 radical (unpaired) electrons. The number of nitrogens with zero attached hydrogens (tertiary/aromatic N) is 1. The van der Waals surface area contributed by atoms with Crippen molar-refractivity contribution in [3.8, 4) is 5.75 Å². The standard InChI is InChI=1S/C23H20N2O3S/c1-3-28-17-12-10-16(11-13-17)24-21-20(19-9-6-14-29-19)22(26)25(23(21)27)18-8-5-4-7-15(18)2/h4-14,24H,3H2,1-2H3. The van der Waals surface area contributed by atoms with Crippen molar-refractivity contribution in [2.75, 3.05) is 16.8 Å². The highest BCUT2D eigenvalue weighted by Gasteiger charge is 2.41. The summed E-state index contributed by atoms with van der Waals surface area (Å²) < 4.78 is 5.47. The van der Waals surface area contributed by atoms with E-state index in [2.05, 4.69) is 5.32 Å². The smallest absolute Gasteiger partial charge is 0.282 e. The summed E-state index contributed by atoms with van der Waals surface area (Å²) in [7, 11) is 0. The second-order valence-electron chi connectivity index (χ2n) is 6.54. The molecule has 0 aliphatic carbocycles. The van der Waals surface area contributed by atoms with E-state index < -0.39 is 0 Å². The van der Waals surface area contributed by atoms with Gasteiger partial charge in [0.1, 0.15) is 11.4 Å². The fourth-order valence-corrected chi connectivity index (χ4v) is 4.04. The Labute approximate surface area is 173 Å². The van der Waals surface area contributed by atoms with E-state index >= 15 is 0 Å². The van der Waals surface area contributed by atoms with Gasteiger partial charge in [0, 0.05) is 10.6 Å². The fraction of sp³-hybridized carbons (Fsp3) is 0.130. The monoisotopic (exact) mass is 404 g/mol. The number of hydrogen-bond donors (Lipinski definition) is 1. The van der Waals surface area contributed by atoms with Crippen LogP contribution in [0.15, 0.2) is 71.7 Å². The minimum absolute atomic E-state index is 0.282. The van der Waals surface area contributed by atoms with E-state index in [-0.39, 0.29) is 17.5 Å². The van der Waals surface area contributed by atoms with Crippen LogP contribution in [0.2, 0.25) is 0 Å². The van der Waals surface area contributed by atoms with E-state index in [1.54, 1.807) is 6.07 Å². The number of amides is 2. The number of anilines is 2. The summed E-state index contributed by atoms with van der Waals surface area (Å²) in [6, 6.07) is 18.4. The maximum atomic E-state index is 13.3. The van der Waals surface area contributed by atoms with Gasteiger partial charge in [-0.15, -0.1) is 11.3 Å². The number of rotatable bonds is 6. The fourth-order valence-electron chi connectivity index (χ4n) is 3.27. The summed E-state index contributed by atoms with van der Waals surface area (Å²) in [6.45, 7) is 4.39. The van der Waals surface area contributed by atoms with Crippen LogP contribution >= 0.6 is 11.3 Å². The molecule has 0 atom stereocenters. The molecular weight excluding hydrogens is 384 g/mol. The number of nitrogens with one attached hydrogen (secondary N) is 1. The lowest BCUT2D eigenvalue weighted by Crippen LogP contribution is -2.32. The number of carbonyl (C=O) groups is 2. The lowest BCUT2D eigenvalue weighted by molar-refractivity contribution is -0.120. The summed E-state index contributed by atoms with van der Waals surface area (Å²) in [5.41, 5.74) is 2.85. The van der Waals surface area contributed by atoms with Crippen LogP contribution in [-0.2, 0) is 9.59 Å². The quantitative estimate of drug-likeness (QED) is 0.597. The highest BCUT2D eigenvalue weighted by molar-refractivity contribution is 7.11. The zero-order valence-corrected chi connectivity index (χ0v) is 17.0. The van der Waals surface area contributed by atoms with Crippen LogP contribution < -0.4 is 15.0 Å². The van der Waals surface area contributed by atoms with Crippen molar-refractivity contribution in [3.63, 3.8) is 0 Å². The van der Waals surface area contributed by atoms with E-state index in [9.17, 15) is 9.59 Å². The van der Waals surface area contributed by atoms with Gasteiger partial charge in [0.15, 0.2) is 0 Å². The highest BCUT2D eigenvalue weighted by Crippen LogP contribution is 2.36. The first kappa shape index (κ1) is 19.0. The van der Waals surface area contributed by atoms with Crippen LogP contribution in [0.3, 0.4) is 0 Å². The molecule has 0 saturated carbocycles. The molecule has 1 N–H and O–H groups in total. The third kappa shape index (κ3) is 3.54. The van der Waals surface area contributed by atoms with Crippen molar-refractivity contribution in [2.24, 2.45) is 0 Å². The van der Waals surface area contributed by atoms with Crippen LogP contribution in [0.5, 0.6) is 5.75 Å². The number of hydrogen-bond acceptors (Lipinski definition) is 5. The van der Waals surface area contributed by atoms with Crippen molar-refractivity contribution in [1.82, 2.24) is 0 Å². The summed E-state index contributed by atoms with van der Waals surface area (Å²) in [4.78, 5) is 28.6. The van der Waals surface area contributed by atoms with Crippen molar-refractivity contribution in [3.05, 3.63) is 82.2 Å². The molecule has 0 bridgehead atoms. The molecule has 6 heteroatoms. The third-order valence-corrected chi connectivity index (χ3v) is 5.53. The lowest BCUT2D eigenvalue weighted by Gasteiger charge is -2.17. The first-order valence-corrected chi connectivity index (χ1v) is 10.2. The molecule has 0 fully saturated rings. The van der Waals surface area contributed by atoms with Crippen LogP contribution in [0.1, 0.15) is 17.4 Å². The van der Waals surface area contributed by atoms with E-state index in [0.717, 1.165) is 16.2 Å². The SMILES string of the molecule is CCOc1ccc(NC2=C(c3cccs3)C(=O)N(c3ccccc3C)C2=O)cc1. The zero-order chi connectivity index (χ0) is 20.4. The molecule has 3 aromatic rings. The Morgan fingerprint density at radius 1 is 0.966 bits per heavy atom. The van der Waals surface area contributed by atoms with Gasteiger partial charge in [0.05, 0.1) is 17.9 Å². The summed E-state index contributed by atoms with van der Waals surface area (Å²) in [5, 5.41) is 5.06. The van der Waals surface area contributed by atoms with Crippen LogP contribution in [0.25, 0.3) is 5.57 Å². The lowest BCUT2D eigenvalue weighted by atomic mass is 10.1. The van der Waals surface area contributed by atoms with Gasteiger partial charge in [-0.25, -0.2) is 4.90 Å². The predicted molar refractivity (Wildman–Crippen MR) is 116 cm³/mol. The molecule has 2 aromatic carbocycles. The van der Waals surface area contributed by atoms with Gasteiger partial charge >= 0.3 is 0 Å². The predicted octanol–water partition coefficient (Wildman–Crippen LogP) is 4.85. The summed E-state index contributed by atoms with van der Waals surface area (Å²) in [6.07, 6.45) is 0. The van der Waals surface area contributed by atoms with Crippen molar-refractivity contribution >= 4 is 40.1 Å². The van der Waals surface area contributed by atoms with E-state index in [4.69, 9.17) is 4.74 Å². The summed E-state index contributed by atoms with van der Waals surface area (Å²) >= 11 is 1.43. The van der Waals surface area contributed by atoms with Gasteiger partial charge in [0.2, 0.25) is 0 Å². The topological polar surface area (TPSA) is 58.6 Å². The minimum Gasteiger partial charge on any atom is -0.494 e. The van der Waals surface area contributed by atoms with Crippen LogP contribution in [-0.4, -0.2) is 18.4 Å². The van der Waals surface area contributed by atoms with Crippen LogP contribution in [0, 0.1) is 6.92 Å². The van der Waals surface area contributed by atoms with E-state index in [1.807, 2.05) is 73.8 Å². The molecule has 0 unspecified atom stereocenters. The molecule has 5 nitrogen and oxygen atoms in total. The van der Waals surface area contributed by atoms with E-state index in [1.165, 1.54) is 16.2 Å². The van der Waals surface area contributed by atoms with Gasteiger partial charge in [-0.05, 0) is 61.2 Å². The number of ether oxygens (including phenoxy) is 1. The summed E-state index contributed by atoms with van der Waals surface area (Å²) in [5.74, 6) is 0.0719. The molecule has 1 aromatic heterocycles. The number of carbonyl (C=O) groups excluding carboxylic acids is 2. The molecule has 2 amide bonds. The molecular formula is C23H20N2O3S. The van der Waals surface area contributed by atoms with Crippen molar-refractivity contribution < 1.29 is 14.3 Å². The largest absolute Gasteiger partial charge is 0.494 e. The first-order chi connectivity index (χ1) is 14.1. The Morgan fingerprint density at radius 2 is 1.72 bits per heavy atom. The first-order valence-electron chi connectivity index (χ1n) is 9.32. The van der Waals surface area contributed by atoms with Gasteiger partial charge < -0.3 is 10.1 Å². The maximum Gasteiger partial charge on any atom is 0.282 e. The van der Waals surface area contributed by atoms with Gasteiger partial charge in [0.25, 0.3) is 11.8 Å². The molecule has 0 saturated heterocycles. The molecule has 4 rings (SSSR count). The maximum absolute atomic E-state index is 13.3. The number of benzene rings is 2. The zero-order valence-electron chi connectivity index (χ0n) is 16.1. The molecule has 29 heavy (non-hydrogen) atoms. The Kier molecular flexibility index (Phi) is 5.18. The second-order valence-corrected chi connectivity index (χ2v) is 7.49. The number of aryl methyl sites for hydroxylation is 1. The molecule has 2 heterocycles. The normalized spacial score (nSPS) is 13.9. The third-order valence-electron chi connectivity index (χ3n) is 4.64. The number of imide groups is 1. The average molecular weight is 404 g/mol. The van der Waals surface area contributed by atoms with Gasteiger partial charge in [-0.3, -0.25) is 9.59 Å². The molecule has 0 spiro atoms. The van der Waals surface area contributed by atoms with E-state index in [0.29, 0.717) is 23.6 Å². The van der Waals surface area contributed by atoms with Crippen molar-refractivity contribution in [2.45, 2.75) is 13.8 Å². The Hall–Kier alpha value is -3.38. The molecule has 1 aliphatic heterocycles. The van der Waals surface area contributed by atoms with Crippen molar-refractivity contribution in [1.29, 1.82) is 0 Å². The van der Waals surface area contributed by atoms with Gasteiger partial charge in [-0.1, -0.05) is 24.3 Å². The highest BCUT2D eigenvalue weighted by atomic mass is 32.1. The minimum atomic E-state index is -0.360. The second kappa shape index (κ2) is 7.93.